The number of nitrogens with zero attached hydrogens (tertiary/aromatic N) is 1. The Morgan fingerprint density at radius 3 is 2.64 bits per heavy atom. The summed E-state index contributed by atoms with van der Waals surface area (Å²) < 4.78 is 18.1. The van der Waals surface area contributed by atoms with Crippen LogP contribution in [0.25, 0.3) is 11.3 Å². The van der Waals surface area contributed by atoms with Gasteiger partial charge in [-0.25, -0.2) is 4.79 Å². The Hall–Kier alpha value is -2.63. The molecule has 176 valence electrons. The Morgan fingerprint density at radius 1 is 1.15 bits per heavy atom. The highest BCUT2D eigenvalue weighted by Gasteiger charge is 2.63. The van der Waals surface area contributed by atoms with Crippen LogP contribution in [0.4, 0.5) is 0 Å². The summed E-state index contributed by atoms with van der Waals surface area (Å²) in [5.41, 5.74) is 0.533. The van der Waals surface area contributed by atoms with Crippen molar-refractivity contribution in [3.8, 4) is 17.1 Å². The normalized spacial score (nSPS) is 34.3. The number of fused-ring (bicyclic) bond motifs is 4. The van der Waals surface area contributed by atoms with Crippen molar-refractivity contribution in [2.24, 2.45) is 22.7 Å². The number of rotatable bonds is 2. The van der Waals surface area contributed by atoms with Gasteiger partial charge in [0.25, 0.3) is 0 Å². The van der Waals surface area contributed by atoms with Crippen molar-refractivity contribution >= 4 is 5.97 Å². The summed E-state index contributed by atoms with van der Waals surface area (Å²) in [5.74, 6) is 1.46. The fraction of sp³-hybridized carbons (Fsp3) is 0.593. The third kappa shape index (κ3) is 3.41. The van der Waals surface area contributed by atoms with E-state index in [9.17, 15) is 9.59 Å². The summed E-state index contributed by atoms with van der Waals surface area (Å²) in [4.78, 5) is 28.9. The van der Waals surface area contributed by atoms with Crippen LogP contribution in [0.2, 0.25) is 0 Å². The van der Waals surface area contributed by atoms with Gasteiger partial charge in [0.15, 0.2) is 0 Å². The summed E-state index contributed by atoms with van der Waals surface area (Å²) in [7, 11) is 0. The van der Waals surface area contributed by atoms with Crippen molar-refractivity contribution < 1.29 is 18.7 Å². The van der Waals surface area contributed by atoms with E-state index in [4.69, 9.17) is 13.9 Å². The van der Waals surface area contributed by atoms with Gasteiger partial charge in [-0.2, -0.15) is 0 Å². The summed E-state index contributed by atoms with van der Waals surface area (Å²) in [6.45, 7) is 10.5. The summed E-state index contributed by atoms with van der Waals surface area (Å²) in [5, 5.41) is 0. The van der Waals surface area contributed by atoms with E-state index in [2.05, 4.69) is 32.7 Å². The molecule has 0 unspecified atom stereocenters. The number of carbonyl (C=O) groups is 1. The second kappa shape index (κ2) is 7.44. The van der Waals surface area contributed by atoms with Crippen LogP contribution in [-0.4, -0.2) is 22.7 Å². The van der Waals surface area contributed by atoms with Gasteiger partial charge in [0.05, 0.1) is 5.56 Å². The summed E-state index contributed by atoms with van der Waals surface area (Å²) in [6, 6.07) is 5.55. The van der Waals surface area contributed by atoms with Crippen molar-refractivity contribution in [2.45, 2.75) is 78.4 Å². The van der Waals surface area contributed by atoms with E-state index < -0.39 is 0 Å². The van der Waals surface area contributed by atoms with Gasteiger partial charge in [0, 0.05) is 42.3 Å². The van der Waals surface area contributed by atoms with Crippen LogP contribution in [0.3, 0.4) is 0 Å². The Bertz CT molecular complexity index is 1140. The molecule has 33 heavy (non-hydrogen) atoms. The van der Waals surface area contributed by atoms with E-state index in [1.807, 2.05) is 18.2 Å². The predicted molar refractivity (Wildman–Crippen MR) is 124 cm³/mol. The molecule has 0 saturated heterocycles. The van der Waals surface area contributed by atoms with Gasteiger partial charge < -0.3 is 13.9 Å². The van der Waals surface area contributed by atoms with Crippen LogP contribution in [0.5, 0.6) is 5.75 Å². The molecule has 6 nitrogen and oxygen atoms in total. The lowest BCUT2D eigenvalue weighted by atomic mass is 9.44. The minimum atomic E-state index is -0.359. The lowest BCUT2D eigenvalue weighted by Gasteiger charge is -2.64. The maximum atomic E-state index is 13.1. The molecule has 0 bridgehead atoms. The number of esters is 1. The molecule has 2 aliphatic carbocycles. The molecular weight excluding hydrogens is 418 g/mol. The molecule has 3 aliphatic rings. The van der Waals surface area contributed by atoms with Gasteiger partial charge in [0.1, 0.15) is 23.2 Å². The van der Waals surface area contributed by atoms with E-state index in [1.165, 1.54) is 6.92 Å². The Balaban J connectivity index is 1.52. The number of hydrogen-bond acceptors (Lipinski definition) is 6. The average molecular weight is 452 g/mol. The summed E-state index contributed by atoms with van der Waals surface area (Å²) >= 11 is 0. The van der Waals surface area contributed by atoms with Crippen LogP contribution < -0.4 is 10.4 Å². The van der Waals surface area contributed by atoms with Crippen LogP contribution in [0.15, 0.2) is 39.8 Å². The van der Waals surface area contributed by atoms with Crippen molar-refractivity contribution in [3.63, 3.8) is 0 Å². The van der Waals surface area contributed by atoms with Gasteiger partial charge in [-0.1, -0.05) is 20.8 Å². The largest absolute Gasteiger partial charge is 0.487 e. The van der Waals surface area contributed by atoms with Gasteiger partial charge in [-0.05, 0) is 62.5 Å². The highest BCUT2D eigenvalue weighted by atomic mass is 16.5. The minimum absolute atomic E-state index is 0.0285. The predicted octanol–water partition coefficient (Wildman–Crippen LogP) is 5.18. The SMILES string of the molecule is CC(=O)O[C@H]1CC[C@@]2(C)[C@@H](CC[C@]3(C)Oc4cc(-c5cccnc5)oc(=O)c4C[C@@H]23)C1(C)C. The molecule has 2 aromatic heterocycles. The minimum Gasteiger partial charge on any atom is -0.487 e. The third-order valence-corrected chi connectivity index (χ3v) is 8.95. The fourth-order valence-electron chi connectivity index (χ4n) is 7.35. The first-order valence-electron chi connectivity index (χ1n) is 12.0. The molecule has 2 fully saturated rings. The molecular formula is C27H33NO5. The molecule has 0 N–H and O–H groups in total. The smallest absolute Gasteiger partial charge is 0.343 e. The fourth-order valence-corrected chi connectivity index (χ4v) is 7.35. The number of hydrogen-bond donors (Lipinski definition) is 0. The Labute approximate surface area is 194 Å². The Kier molecular flexibility index (Phi) is 5.00. The Morgan fingerprint density at radius 2 is 1.94 bits per heavy atom. The van der Waals surface area contributed by atoms with E-state index >= 15 is 0 Å². The highest BCUT2D eigenvalue weighted by molar-refractivity contribution is 5.66. The highest BCUT2D eigenvalue weighted by Crippen LogP contribution is 2.64. The number of ether oxygens (including phenoxy) is 2. The number of aromatic nitrogens is 1. The topological polar surface area (TPSA) is 78.6 Å². The first-order valence-corrected chi connectivity index (χ1v) is 12.0. The zero-order valence-corrected chi connectivity index (χ0v) is 20.1. The zero-order valence-electron chi connectivity index (χ0n) is 20.1. The van der Waals surface area contributed by atoms with Crippen molar-refractivity contribution in [1.29, 1.82) is 0 Å². The van der Waals surface area contributed by atoms with Crippen molar-refractivity contribution in [3.05, 3.63) is 46.6 Å². The van der Waals surface area contributed by atoms with E-state index in [1.54, 1.807) is 12.4 Å². The standard InChI is InChI=1S/C27H33NO5/c1-16(29)31-23-9-10-26(4)21(25(23,2)3)8-11-27(5)22(26)13-18-20(33-27)14-19(32-24(18)30)17-7-6-12-28-15-17/h6-7,12,14-15,21-23H,8-11,13H2,1-5H3/t21-,22-,23-,26-,27-/m0/s1. The number of carbonyl (C=O) groups excluding carboxylic acids is 1. The summed E-state index contributed by atoms with van der Waals surface area (Å²) in [6.07, 6.45) is 7.61. The monoisotopic (exact) mass is 451 g/mol. The second-order valence-electron chi connectivity index (χ2n) is 11.2. The molecule has 0 spiro atoms. The van der Waals surface area contributed by atoms with Crippen molar-refractivity contribution in [2.75, 3.05) is 0 Å². The van der Waals surface area contributed by atoms with Crippen LogP contribution in [-0.2, 0) is 16.0 Å². The quantitative estimate of drug-likeness (QED) is 0.586. The first-order chi connectivity index (χ1) is 15.5. The molecule has 5 atom stereocenters. The maximum absolute atomic E-state index is 13.1. The van der Waals surface area contributed by atoms with Gasteiger partial charge in [-0.3, -0.25) is 9.78 Å². The van der Waals surface area contributed by atoms with E-state index in [-0.39, 0.29) is 40.0 Å². The molecule has 0 radical (unpaired) electrons. The second-order valence-corrected chi connectivity index (χ2v) is 11.2. The molecule has 3 heterocycles. The molecule has 0 amide bonds. The molecule has 5 rings (SSSR count). The van der Waals surface area contributed by atoms with Gasteiger partial charge >= 0.3 is 11.6 Å². The average Bonchev–Trinajstić information content (AvgIpc) is 2.75. The van der Waals surface area contributed by atoms with Gasteiger partial charge in [0.2, 0.25) is 0 Å². The van der Waals surface area contributed by atoms with E-state index in [0.29, 0.717) is 29.4 Å². The molecule has 2 aromatic rings. The maximum Gasteiger partial charge on any atom is 0.343 e. The molecule has 2 saturated carbocycles. The van der Waals surface area contributed by atoms with Gasteiger partial charge in [-0.15, -0.1) is 0 Å². The lowest BCUT2D eigenvalue weighted by Crippen LogP contribution is -2.64. The number of pyridine rings is 1. The first kappa shape index (κ1) is 22.2. The third-order valence-electron chi connectivity index (χ3n) is 8.95. The van der Waals surface area contributed by atoms with Crippen LogP contribution in [0, 0.1) is 22.7 Å². The molecule has 1 aliphatic heterocycles. The van der Waals surface area contributed by atoms with Crippen LogP contribution >= 0.6 is 0 Å². The molecule has 6 heteroatoms. The molecule has 0 aromatic carbocycles. The van der Waals surface area contributed by atoms with E-state index in [0.717, 1.165) is 31.2 Å². The zero-order chi connectivity index (χ0) is 23.6. The lowest BCUT2D eigenvalue weighted by molar-refractivity contribution is -0.204. The van der Waals surface area contributed by atoms with Crippen LogP contribution in [0.1, 0.15) is 65.9 Å². The van der Waals surface area contributed by atoms with Crippen molar-refractivity contribution in [1.82, 2.24) is 4.98 Å².